The molecule has 4 N–H and O–H groups in total. The van der Waals surface area contributed by atoms with Crippen molar-refractivity contribution in [1.29, 1.82) is 0 Å². The predicted molar refractivity (Wildman–Crippen MR) is 68.3 cm³/mol. The van der Waals surface area contributed by atoms with Gasteiger partial charge in [-0.2, -0.15) is 5.21 Å². The lowest BCUT2D eigenvalue weighted by molar-refractivity contribution is 0.102. The van der Waals surface area contributed by atoms with E-state index in [4.69, 9.17) is 15.2 Å². The minimum atomic E-state index is -0.460. The van der Waals surface area contributed by atoms with Crippen LogP contribution in [0, 0.1) is 0 Å². The topological polar surface area (TPSA) is 115 Å². The molecule has 0 spiro atoms. The number of H-pyrrole nitrogens is 1. The second-order valence-electron chi connectivity index (χ2n) is 3.58. The van der Waals surface area contributed by atoms with Gasteiger partial charge in [0.25, 0.3) is 5.91 Å². The van der Waals surface area contributed by atoms with Gasteiger partial charge in [-0.25, -0.2) is 0 Å². The number of nitrogens with one attached hydrogen (secondary N) is 2. The molecule has 1 aromatic heterocycles. The summed E-state index contributed by atoms with van der Waals surface area (Å²) < 4.78 is 10.2. The summed E-state index contributed by atoms with van der Waals surface area (Å²) in [5, 5.41) is 12.1. The molecule has 1 aromatic carbocycles. The van der Waals surface area contributed by atoms with Crippen LogP contribution in [-0.4, -0.2) is 35.5 Å². The van der Waals surface area contributed by atoms with E-state index in [1.54, 1.807) is 18.2 Å². The minimum absolute atomic E-state index is 0.0368. The Morgan fingerprint density at radius 2 is 2.00 bits per heavy atom. The maximum Gasteiger partial charge on any atom is 0.280 e. The Balaban J connectivity index is 2.20. The average Bonchev–Trinajstić information content (AvgIpc) is 2.85. The van der Waals surface area contributed by atoms with Crippen LogP contribution in [0.15, 0.2) is 18.2 Å². The molecule has 0 saturated carbocycles. The van der Waals surface area contributed by atoms with Crippen LogP contribution in [0.5, 0.6) is 11.5 Å². The van der Waals surface area contributed by atoms with E-state index < -0.39 is 5.91 Å². The first-order chi connectivity index (χ1) is 9.15. The number of nitrogen functional groups attached to an aromatic ring is 1. The zero-order valence-electron chi connectivity index (χ0n) is 10.4. The number of hydrogen-bond acceptors (Lipinski definition) is 6. The number of benzene rings is 1. The number of carbonyl (C=O) groups is 1. The van der Waals surface area contributed by atoms with Gasteiger partial charge < -0.3 is 20.5 Å². The first kappa shape index (κ1) is 12.7. The van der Waals surface area contributed by atoms with Gasteiger partial charge in [0, 0.05) is 11.8 Å². The fourth-order valence-corrected chi connectivity index (χ4v) is 1.51. The Labute approximate surface area is 108 Å². The highest BCUT2D eigenvalue weighted by Crippen LogP contribution is 2.29. The SMILES string of the molecule is COc1ccc(NC(=O)c2n[nH]nc2N)cc1OC. The number of methoxy groups -OCH3 is 2. The van der Waals surface area contributed by atoms with Crippen LogP contribution >= 0.6 is 0 Å². The molecular weight excluding hydrogens is 250 g/mol. The molecule has 8 heteroatoms. The Morgan fingerprint density at radius 3 is 2.58 bits per heavy atom. The molecule has 19 heavy (non-hydrogen) atoms. The second kappa shape index (κ2) is 5.25. The van der Waals surface area contributed by atoms with Crippen molar-refractivity contribution in [3.63, 3.8) is 0 Å². The van der Waals surface area contributed by atoms with Gasteiger partial charge in [-0.05, 0) is 12.1 Å². The molecule has 1 heterocycles. The summed E-state index contributed by atoms with van der Waals surface area (Å²) in [6.07, 6.45) is 0. The van der Waals surface area contributed by atoms with E-state index in [-0.39, 0.29) is 11.5 Å². The Bertz CT molecular complexity index is 596. The number of rotatable bonds is 4. The Kier molecular flexibility index (Phi) is 3.51. The highest BCUT2D eigenvalue weighted by Gasteiger charge is 2.15. The van der Waals surface area contributed by atoms with Gasteiger partial charge in [0.2, 0.25) is 0 Å². The number of carbonyl (C=O) groups excluding carboxylic acids is 1. The fourth-order valence-electron chi connectivity index (χ4n) is 1.51. The first-order valence-electron chi connectivity index (χ1n) is 5.35. The molecule has 0 aliphatic heterocycles. The quantitative estimate of drug-likeness (QED) is 0.746. The Morgan fingerprint density at radius 1 is 1.26 bits per heavy atom. The minimum Gasteiger partial charge on any atom is -0.493 e. The maximum atomic E-state index is 11.9. The van der Waals surface area contributed by atoms with Crippen molar-refractivity contribution in [3.8, 4) is 11.5 Å². The zero-order valence-corrected chi connectivity index (χ0v) is 10.4. The van der Waals surface area contributed by atoms with Gasteiger partial charge in [-0.1, -0.05) is 0 Å². The van der Waals surface area contributed by atoms with Crippen molar-refractivity contribution in [2.24, 2.45) is 0 Å². The number of amides is 1. The summed E-state index contributed by atoms with van der Waals surface area (Å²) in [7, 11) is 3.05. The maximum absolute atomic E-state index is 11.9. The van der Waals surface area contributed by atoms with E-state index in [1.807, 2.05) is 0 Å². The van der Waals surface area contributed by atoms with Crippen molar-refractivity contribution in [1.82, 2.24) is 15.4 Å². The van der Waals surface area contributed by atoms with Crippen LogP contribution in [0.1, 0.15) is 10.5 Å². The molecule has 0 atom stereocenters. The Hall–Kier alpha value is -2.77. The van der Waals surface area contributed by atoms with E-state index in [9.17, 15) is 4.79 Å². The largest absolute Gasteiger partial charge is 0.493 e. The number of nitrogens with zero attached hydrogens (tertiary/aromatic N) is 2. The summed E-state index contributed by atoms with van der Waals surface area (Å²) in [5.41, 5.74) is 6.06. The van der Waals surface area contributed by atoms with Gasteiger partial charge in [-0.15, -0.1) is 10.2 Å². The van der Waals surface area contributed by atoms with Crippen molar-refractivity contribution < 1.29 is 14.3 Å². The van der Waals surface area contributed by atoms with E-state index in [0.717, 1.165) is 0 Å². The van der Waals surface area contributed by atoms with Crippen LogP contribution in [0.2, 0.25) is 0 Å². The zero-order chi connectivity index (χ0) is 13.8. The van der Waals surface area contributed by atoms with E-state index in [1.165, 1.54) is 14.2 Å². The number of aromatic nitrogens is 3. The van der Waals surface area contributed by atoms with Crippen molar-refractivity contribution in [2.75, 3.05) is 25.3 Å². The van der Waals surface area contributed by atoms with Crippen LogP contribution in [0.3, 0.4) is 0 Å². The van der Waals surface area contributed by atoms with Crippen LogP contribution in [0.25, 0.3) is 0 Å². The summed E-state index contributed by atoms with van der Waals surface area (Å²) >= 11 is 0. The third-order valence-electron chi connectivity index (χ3n) is 2.43. The van der Waals surface area contributed by atoms with Crippen molar-refractivity contribution in [2.45, 2.75) is 0 Å². The summed E-state index contributed by atoms with van der Waals surface area (Å²) in [6.45, 7) is 0. The van der Waals surface area contributed by atoms with Gasteiger partial charge in [0.15, 0.2) is 23.0 Å². The molecule has 1 amide bonds. The van der Waals surface area contributed by atoms with E-state index in [2.05, 4.69) is 20.7 Å². The molecule has 0 unspecified atom stereocenters. The number of hydrogen-bond donors (Lipinski definition) is 3. The average molecular weight is 263 g/mol. The van der Waals surface area contributed by atoms with Crippen LogP contribution in [0.4, 0.5) is 11.5 Å². The third-order valence-corrected chi connectivity index (χ3v) is 2.43. The molecular formula is C11H13N5O3. The summed E-state index contributed by atoms with van der Waals surface area (Å²) in [6, 6.07) is 4.99. The van der Waals surface area contributed by atoms with Gasteiger partial charge >= 0.3 is 0 Å². The lowest BCUT2D eigenvalue weighted by Gasteiger charge is -2.09. The van der Waals surface area contributed by atoms with Gasteiger partial charge in [-0.3, -0.25) is 4.79 Å². The molecule has 0 bridgehead atoms. The number of nitrogens with two attached hydrogens (primary N) is 1. The highest BCUT2D eigenvalue weighted by molar-refractivity contribution is 6.05. The number of aromatic amines is 1. The number of anilines is 2. The first-order valence-corrected chi connectivity index (χ1v) is 5.35. The molecule has 0 radical (unpaired) electrons. The monoisotopic (exact) mass is 263 g/mol. The summed E-state index contributed by atoms with van der Waals surface area (Å²) in [5.74, 6) is 0.659. The molecule has 0 aliphatic rings. The molecule has 2 aromatic rings. The molecule has 8 nitrogen and oxygen atoms in total. The standard InChI is InChI=1S/C11H13N5O3/c1-18-7-4-3-6(5-8(7)19-2)13-11(17)9-10(12)15-16-14-9/h3-5H,1-2H3,(H,13,17)(H3,12,14,15,16). The van der Waals surface area contributed by atoms with Crippen LogP contribution in [-0.2, 0) is 0 Å². The van der Waals surface area contributed by atoms with Gasteiger partial charge in [0.1, 0.15) is 0 Å². The van der Waals surface area contributed by atoms with Gasteiger partial charge in [0.05, 0.1) is 14.2 Å². The fraction of sp³-hybridized carbons (Fsp3) is 0.182. The molecule has 0 saturated heterocycles. The van der Waals surface area contributed by atoms with Crippen molar-refractivity contribution in [3.05, 3.63) is 23.9 Å². The molecule has 0 aliphatic carbocycles. The van der Waals surface area contributed by atoms with E-state index in [0.29, 0.717) is 17.2 Å². The highest BCUT2D eigenvalue weighted by atomic mass is 16.5. The normalized spacial score (nSPS) is 10.0. The lowest BCUT2D eigenvalue weighted by atomic mass is 10.2. The smallest absolute Gasteiger partial charge is 0.280 e. The lowest BCUT2D eigenvalue weighted by Crippen LogP contribution is -2.14. The summed E-state index contributed by atoms with van der Waals surface area (Å²) in [4.78, 5) is 11.9. The van der Waals surface area contributed by atoms with Crippen molar-refractivity contribution >= 4 is 17.4 Å². The number of ether oxygens (including phenoxy) is 2. The molecule has 0 fully saturated rings. The van der Waals surface area contributed by atoms with Crippen LogP contribution < -0.4 is 20.5 Å². The molecule has 100 valence electrons. The van der Waals surface area contributed by atoms with E-state index >= 15 is 0 Å². The third kappa shape index (κ3) is 2.57. The second-order valence-corrected chi connectivity index (χ2v) is 3.58. The predicted octanol–water partition coefficient (Wildman–Crippen LogP) is 0.656. The molecule has 2 rings (SSSR count).